The first-order valence-electron chi connectivity index (χ1n) is 13.1. The van der Waals surface area contributed by atoms with Gasteiger partial charge in [0.15, 0.2) is 0 Å². The molecule has 3 aromatic carbocycles. The molecule has 0 aliphatic carbocycles. The van der Waals surface area contributed by atoms with Gasteiger partial charge in [0.1, 0.15) is 30.3 Å². The fourth-order valence-electron chi connectivity index (χ4n) is 4.50. The molecule has 2 heterocycles. The average molecular weight is 541 g/mol. The summed E-state index contributed by atoms with van der Waals surface area (Å²) >= 11 is 0. The lowest BCUT2D eigenvalue weighted by Crippen LogP contribution is -2.50. The van der Waals surface area contributed by atoms with Crippen LogP contribution < -0.4 is 10.1 Å². The number of hydrogen-bond donors (Lipinski definition) is 2. The minimum Gasteiger partial charge on any atom is -0.489 e. The number of aromatic nitrogens is 2. The van der Waals surface area contributed by atoms with E-state index in [0.29, 0.717) is 11.8 Å². The van der Waals surface area contributed by atoms with Gasteiger partial charge in [-0.1, -0.05) is 18.2 Å². The van der Waals surface area contributed by atoms with Gasteiger partial charge in [-0.3, -0.25) is 5.41 Å². The second-order valence-electron chi connectivity index (χ2n) is 9.90. The first-order chi connectivity index (χ1) is 19.4. The summed E-state index contributed by atoms with van der Waals surface area (Å²) in [6.07, 6.45) is 3.28. The SMILES string of the molecule is Cc1cc(Nc2ncnc3ccc(/C=N/N(C)C(=N)N4CCN(C)CC4)cc23)ccc1OCc1cccc(F)c1. The number of likely N-dealkylation sites (N-methyl/N-ethyl adjacent to an activating group) is 1. The summed E-state index contributed by atoms with van der Waals surface area (Å²) in [5, 5.41) is 18.8. The zero-order chi connectivity index (χ0) is 28.1. The topological polar surface area (TPSA) is 93.0 Å². The van der Waals surface area contributed by atoms with Crippen LogP contribution in [0.2, 0.25) is 0 Å². The number of nitrogens with zero attached hydrogens (tertiary/aromatic N) is 6. The molecule has 1 aromatic heterocycles. The van der Waals surface area contributed by atoms with Gasteiger partial charge in [-0.05, 0) is 73.1 Å². The van der Waals surface area contributed by atoms with Crippen molar-refractivity contribution in [3.63, 3.8) is 0 Å². The second kappa shape index (κ2) is 12.1. The molecule has 0 bridgehead atoms. The Kier molecular flexibility index (Phi) is 8.16. The van der Waals surface area contributed by atoms with Gasteiger partial charge in [-0.25, -0.2) is 19.4 Å². The van der Waals surface area contributed by atoms with Crippen molar-refractivity contribution >= 4 is 34.6 Å². The van der Waals surface area contributed by atoms with Gasteiger partial charge in [0, 0.05) is 44.3 Å². The predicted octanol–water partition coefficient (Wildman–Crippen LogP) is 4.85. The normalized spacial score (nSPS) is 14.1. The zero-order valence-corrected chi connectivity index (χ0v) is 22.9. The summed E-state index contributed by atoms with van der Waals surface area (Å²) in [5.74, 6) is 1.51. The van der Waals surface area contributed by atoms with E-state index in [2.05, 4.69) is 32.3 Å². The Bertz CT molecular complexity index is 1530. The van der Waals surface area contributed by atoms with Crippen LogP contribution in [0.3, 0.4) is 0 Å². The molecule has 206 valence electrons. The molecule has 0 saturated carbocycles. The number of anilines is 2. The number of guanidine groups is 1. The van der Waals surface area contributed by atoms with Crippen molar-refractivity contribution in [2.45, 2.75) is 13.5 Å². The molecule has 0 amide bonds. The number of hydrazone groups is 1. The van der Waals surface area contributed by atoms with Crippen molar-refractivity contribution in [2.24, 2.45) is 5.10 Å². The predicted molar refractivity (Wildman–Crippen MR) is 157 cm³/mol. The highest BCUT2D eigenvalue weighted by atomic mass is 19.1. The van der Waals surface area contributed by atoms with E-state index in [1.54, 1.807) is 24.3 Å². The third-order valence-electron chi connectivity index (χ3n) is 6.87. The number of rotatable bonds is 7. The molecule has 5 rings (SSSR count). The van der Waals surface area contributed by atoms with E-state index in [-0.39, 0.29) is 12.4 Å². The van der Waals surface area contributed by atoms with Crippen LogP contribution in [0.15, 0.2) is 72.1 Å². The third kappa shape index (κ3) is 6.52. The Morgan fingerprint density at radius 3 is 2.70 bits per heavy atom. The average Bonchev–Trinajstić information content (AvgIpc) is 2.96. The lowest BCUT2D eigenvalue weighted by molar-refractivity contribution is 0.200. The Morgan fingerprint density at radius 1 is 1.10 bits per heavy atom. The highest BCUT2D eigenvalue weighted by Gasteiger charge is 2.18. The molecule has 1 saturated heterocycles. The summed E-state index contributed by atoms with van der Waals surface area (Å²) in [6, 6.07) is 18.1. The number of fused-ring (bicyclic) bond motifs is 1. The Balaban J connectivity index is 1.28. The number of hydrogen-bond acceptors (Lipinski definition) is 7. The summed E-state index contributed by atoms with van der Waals surface area (Å²) < 4.78 is 19.4. The maximum absolute atomic E-state index is 13.5. The van der Waals surface area contributed by atoms with Crippen molar-refractivity contribution in [1.29, 1.82) is 5.41 Å². The highest BCUT2D eigenvalue weighted by Crippen LogP contribution is 2.28. The van der Waals surface area contributed by atoms with Gasteiger partial charge in [-0.15, -0.1) is 0 Å². The van der Waals surface area contributed by atoms with E-state index in [1.807, 2.05) is 54.3 Å². The highest BCUT2D eigenvalue weighted by molar-refractivity contribution is 5.95. The standard InChI is InChI=1S/C30H33FN8O/c1-21-15-25(8-10-28(21)40-19-23-5-4-6-24(31)16-23)36-29-26-17-22(7-9-27(26)33-20-34-29)18-35-38(3)30(32)39-13-11-37(2)12-14-39/h4-10,15-18,20,32H,11-14,19H2,1-3H3,(H,33,34,36)/b32-30?,35-18+. The van der Waals surface area contributed by atoms with Crippen molar-refractivity contribution in [1.82, 2.24) is 24.8 Å². The second-order valence-corrected chi connectivity index (χ2v) is 9.90. The van der Waals surface area contributed by atoms with E-state index in [1.165, 1.54) is 18.5 Å². The van der Waals surface area contributed by atoms with Gasteiger partial charge in [0.05, 0.1) is 11.7 Å². The Labute approximate surface area is 233 Å². The monoisotopic (exact) mass is 540 g/mol. The molecule has 40 heavy (non-hydrogen) atoms. The van der Waals surface area contributed by atoms with E-state index >= 15 is 0 Å². The van der Waals surface area contributed by atoms with Crippen LogP contribution in [0.4, 0.5) is 15.9 Å². The number of piperazine rings is 1. The quantitative estimate of drug-likeness (QED) is 0.197. The van der Waals surface area contributed by atoms with Gasteiger partial charge in [0.25, 0.3) is 0 Å². The van der Waals surface area contributed by atoms with E-state index in [9.17, 15) is 4.39 Å². The maximum Gasteiger partial charge on any atom is 0.214 e. The molecular weight excluding hydrogens is 507 g/mol. The minimum absolute atomic E-state index is 0.277. The van der Waals surface area contributed by atoms with Gasteiger partial charge in [0.2, 0.25) is 5.96 Å². The van der Waals surface area contributed by atoms with Crippen LogP contribution in [-0.4, -0.2) is 77.2 Å². The summed E-state index contributed by atoms with van der Waals surface area (Å²) in [7, 11) is 3.89. The molecular formula is C30H33FN8O. The van der Waals surface area contributed by atoms with Crippen LogP contribution in [0.25, 0.3) is 10.9 Å². The number of aryl methyl sites for hydroxylation is 1. The lowest BCUT2D eigenvalue weighted by atomic mass is 10.1. The molecule has 10 heteroatoms. The molecule has 1 aliphatic heterocycles. The number of ether oxygens (including phenoxy) is 1. The van der Waals surface area contributed by atoms with Crippen molar-refractivity contribution in [3.05, 3.63) is 89.5 Å². The maximum atomic E-state index is 13.5. The number of halogens is 1. The molecule has 1 aliphatic rings. The molecule has 2 N–H and O–H groups in total. The summed E-state index contributed by atoms with van der Waals surface area (Å²) in [4.78, 5) is 13.2. The summed E-state index contributed by atoms with van der Waals surface area (Å²) in [5.41, 5.74) is 4.25. The number of benzene rings is 3. The minimum atomic E-state index is -0.277. The molecule has 0 spiro atoms. The van der Waals surface area contributed by atoms with Crippen LogP contribution in [0.5, 0.6) is 5.75 Å². The van der Waals surface area contributed by atoms with E-state index < -0.39 is 0 Å². The first-order valence-corrected chi connectivity index (χ1v) is 13.1. The molecule has 0 unspecified atom stereocenters. The van der Waals surface area contributed by atoms with Crippen LogP contribution in [-0.2, 0) is 6.61 Å². The van der Waals surface area contributed by atoms with Gasteiger partial charge < -0.3 is 19.9 Å². The van der Waals surface area contributed by atoms with Crippen molar-refractivity contribution in [3.8, 4) is 5.75 Å². The Morgan fingerprint density at radius 2 is 1.93 bits per heavy atom. The largest absolute Gasteiger partial charge is 0.489 e. The van der Waals surface area contributed by atoms with E-state index in [4.69, 9.17) is 10.1 Å². The molecule has 1 fully saturated rings. The van der Waals surface area contributed by atoms with Gasteiger partial charge in [-0.2, -0.15) is 5.10 Å². The Hall–Kier alpha value is -4.57. The van der Waals surface area contributed by atoms with Crippen molar-refractivity contribution in [2.75, 3.05) is 45.6 Å². The fraction of sp³-hybridized carbons (Fsp3) is 0.267. The first kappa shape index (κ1) is 27.0. The number of nitrogens with one attached hydrogen (secondary N) is 2. The molecule has 4 aromatic rings. The van der Waals surface area contributed by atoms with Crippen LogP contribution in [0, 0.1) is 18.2 Å². The van der Waals surface area contributed by atoms with Crippen LogP contribution >= 0.6 is 0 Å². The molecule has 0 atom stereocenters. The third-order valence-corrected chi connectivity index (χ3v) is 6.87. The zero-order valence-electron chi connectivity index (χ0n) is 22.9. The van der Waals surface area contributed by atoms with Crippen molar-refractivity contribution < 1.29 is 9.13 Å². The lowest BCUT2D eigenvalue weighted by Gasteiger charge is -2.35. The smallest absolute Gasteiger partial charge is 0.214 e. The van der Waals surface area contributed by atoms with Crippen LogP contribution in [0.1, 0.15) is 16.7 Å². The van der Waals surface area contributed by atoms with Gasteiger partial charge >= 0.3 is 0 Å². The van der Waals surface area contributed by atoms with E-state index in [0.717, 1.165) is 65.2 Å². The fourth-order valence-corrected chi connectivity index (χ4v) is 4.50. The molecule has 9 nitrogen and oxygen atoms in total. The summed E-state index contributed by atoms with van der Waals surface area (Å²) in [6.45, 7) is 5.76. The molecule has 0 radical (unpaired) electrons.